The normalized spacial score (nSPS) is 11.2. The van der Waals surface area contributed by atoms with E-state index >= 15 is 0 Å². The van der Waals surface area contributed by atoms with Gasteiger partial charge in [-0.05, 0) is 12.4 Å². The zero-order valence-corrected chi connectivity index (χ0v) is 10.9. The van der Waals surface area contributed by atoms with Crippen molar-refractivity contribution in [1.82, 2.24) is 5.16 Å². The summed E-state index contributed by atoms with van der Waals surface area (Å²) in [4.78, 5) is 0. The first-order chi connectivity index (χ1) is 5.46. The molecular formula is C6H8BF3KNO. The molecule has 0 N–H and O–H groups in total. The standard InChI is InChI=1S/C6H8BF3NO.K/c1-3-5-6(7(8,9)10)4(2)11-12-5;/h3H2,1-2H3;/q-1;+1. The van der Waals surface area contributed by atoms with Gasteiger partial charge in [0.05, 0.1) is 5.69 Å². The molecule has 0 aliphatic carbocycles. The number of aryl methyl sites for hydroxylation is 2. The molecule has 68 valence electrons. The van der Waals surface area contributed by atoms with E-state index in [4.69, 9.17) is 0 Å². The Hall–Kier alpha value is 0.701. The molecule has 0 atom stereocenters. The summed E-state index contributed by atoms with van der Waals surface area (Å²) in [7, 11) is 0. The summed E-state index contributed by atoms with van der Waals surface area (Å²) in [5.41, 5.74) is -0.739. The molecule has 0 fully saturated rings. The number of aromatic nitrogens is 1. The maximum atomic E-state index is 12.3. The van der Waals surface area contributed by atoms with Crippen LogP contribution in [0.25, 0.3) is 0 Å². The zero-order chi connectivity index (χ0) is 9.35. The third-order valence-corrected chi connectivity index (χ3v) is 1.63. The first-order valence-corrected chi connectivity index (χ1v) is 3.61. The molecular weight excluding hydrogens is 209 g/mol. The molecule has 0 aliphatic rings. The van der Waals surface area contributed by atoms with Crippen molar-refractivity contribution in [3.63, 3.8) is 0 Å². The van der Waals surface area contributed by atoms with Crippen molar-refractivity contribution in [3.8, 4) is 0 Å². The van der Waals surface area contributed by atoms with Gasteiger partial charge in [0, 0.05) is 6.42 Å². The topological polar surface area (TPSA) is 26.0 Å². The average Bonchev–Trinajstić information content (AvgIpc) is 2.29. The number of hydrogen-bond acceptors (Lipinski definition) is 2. The van der Waals surface area contributed by atoms with Crippen molar-refractivity contribution in [2.75, 3.05) is 0 Å². The predicted octanol–water partition coefficient (Wildman–Crippen LogP) is -1.40. The van der Waals surface area contributed by atoms with E-state index in [0.29, 0.717) is 0 Å². The minimum Gasteiger partial charge on any atom is -0.445 e. The Balaban J connectivity index is 0.00000144. The fraction of sp³-hybridized carbons (Fsp3) is 0.500. The second-order valence-electron chi connectivity index (χ2n) is 2.53. The van der Waals surface area contributed by atoms with Gasteiger partial charge in [-0.3, -0.25) is 0 Å². The number of halogens is 3. The Labute approximate surface area is 117 Å². The molecule has 1 aromatic rings. The fourth-order valence-corrected chi connectivity index (χ4v) is 1.10. The molecule has 2 nitrogen and oxygen atoms in total. The summed E-state index contributed by atoms with van der Waals surface area (Å²) >= 11 is 0. The molecule has 1 aromatic heterocycles. The summed E-state index contributed by atoms with van der Waals surface area (Å²) in [6, 6.07) is 0. The van der Waals surface area contributed by atoms with Crippen molar-refractivity contribution in [1.29, 1.82) is 0 Å². The molecule has 0 bridgehead atoms. The zero-order valence-electron chi connectivity index (χ0n) is 7.77. The van der Waals surface area contributed by atoms with E-state index in [0.717, 1.165) is 0 Å². The second-order valence-corrected chi connectivity index (χ2v) is 2.53. The minimum absolute atomic E-state index is 0. The first-order valence-electron chi connectivity index (χ1n) is 3.61. The van der Waals surface area contributed by atoms with E-state index in [1.807, 2.05) is 0 Å². The summed E-state index contributed by atoms with van der Waals surface area (Å²) in [6.45, 7) is -2.08. The molecule has 0 saturated heterocycles. The van der Waals surface area contributed by atoms with Crippen LogP contribution >= 0.6 is 0 Å². The van der Waals surface area contributed by atoms with E-state index in [9.17, 15) is 12.9 Å². The SMILES string of the molecule is CCc1onc(C)c1[B-](F)(F)F.[K+]. The van der Waals surface area contributed by atoms with Crippen molar-refractivity contribution >= 4 is 12.4 Å². The van der Waals surface area contributed by atoms with Gasteiger partial charge < -0.3 is 17.5 Å². The fourth-order valence-electron chi connectivity index (χ4n) is 1.10. The van der Waals surface area contributed by atoms with Gasteiger partial charge in [0.2, 0.25) is 0 Å². The molecule has 0 aromatic carbocycles. The van der Waals surface area contributed by atoms with Crippen LogP contribution in [-0.2, 0) is 6.42 Å². The van der Waals surface area contributed by atoms with Crippen LogP contribution in [0.1, 0.15) is 18.4 Å². The summed E-state index contributed by atoms with van der Waals surface area (Å²) in [6.07, 6.45) is 0.220. The van der Waals surface area contributed by atoms with E-state index in [1.54, 1.807) is 6.92 Å². The molecule has 0 aliphatic heterocycles. The van der Waals surface area contributed by atoms with Gasteiger partial charge in [-0.2, -0.15) is 0 Å². The molecule has 0 radical (unpaired) electrons. The quantitative estimate of drug-likeness (QED) is 0.569. The summed E-state index contributed by atoms with van der Waals surface area (Å²) < 4.78 is 41.4. The molecule has 0 spiro atoms. The Morgan fingerprint density at radius 1 is 1.38 bits per heavy atom. The van der Waals surface area contributed by atoms with Crippen molar-refractivity contribution in [2.45, 2.75) is 20.3 Å². The van der Waals surface area contributed by atoms with Crippen LogP contribution in [0.15, 0.2) is 4.52 Å². The van der Waals surface area contributed by atoms with Gasteiger partial charge in [0.1, 0.15) is 5.76 Å². The van der Waals surface area contributed by atoms with Crippen LogP contribution < -0.4 is 56.8 Å². The van der Waals surface area contributed by atoms with E-state index in [1.165, 1.54) is 6.92 Å². The molecule has 7 heteroatoms. The monoisotopic (exact) mass is 217 g/mol. The Kier molecular flexibility index (Phi) is 5.24. The van der Waals surface area contributed by atoms with Crippen molar-refractivity contribution in [2.24, 2.45) is 0 Å². The van der Waals surface area contributed by atoms with Gasteiger partial charge in [0.15, 0.2) is 0 Å². The van der Waals surface area contributed by atoms with Gasteiger partial charge in [-0.15, -0.1) is 0 Å². The molecule has 0 amide bonds. The van der Waals surface area contributed by atoms with Crippen LogP contribution in [0, 0.1) is 6.92 Å². The van der Waals surface area contributed by atoms with Gasteiger partial charge in [0.25, 0.3) is 0 Å². The van der Waals surface area contributed by atoms with E-state index < -0.39 is 12.4 Å². The first kappa shape index (κ1) is 13.7. The van der Waals surface area contributed by atoms with Crippen LogP contribution in [0.2, 0.25) is 0 Å². The third kappa shape index (κ3) is 3.09. The smallest absolute Gasteiger partial charge is 0.445 e. The van der Waals surface area contributed by atoms with E-state index in [-0.39, 0.29) is 69.3 Å². The largest absolute Gasteiger partial charge is 1.00 e. The Bertz CT molecular complexity index is 286. The average molecular weight is 217 g/mol. The molecule has 0 unspecified atom stereocenters. The molecule has 13 heavy (non-hydrogen) atoms. The van der Waals surface area contributed by atoms with Crippen molar-refractivity contribution in [3.05, 3.63) is 11.5 Å². The van der Waals surface area contributed by atoms with Gasteiger partial charge >= 0.3 is 58.4 Å². The predicted molar refractivity (Wildman–Crippen MR) is 39.3 cm³/mol. The molecule has 0 saturated carbocycles. The van der Waals surface area contributed by atoms with E-state index in [2.05, 4.69) is 9.68 Å². The Morgan fingerprint density at radius 2 is 1.92 bits per heavy atom. The number of hydrogen-bond donors (Lipinski definition) is 0. The summed E-state index contributed by atoms with van der Waals surface area (Å²) in [5.74, 6) is -0.0694. The van der Waals surface area contributed by atoms with Crippen LogP contribution in [0.4, 0.5) is 12.9 Å². The second kappa shape index (κ2) is 4.97. The van der Waals surface area contributed by atoms with Gasteiger partial charge in [-0.1, -0.05) is 12.1 Å². The maximum absolute atomic E-state index is 12.3. The van der Waals surface area contributed by atoms with Crippen LogP contribution in [0.5, 0.6) is 0 Å². The summed E-state index contributed by atoms with van der Waals surface area (Å²) in [5, 5.41) is 3.27. The van der Waals surface area contributed by atoms with Crippen LogP contribution in [-0.4, -0.2) is 12.1 Å². The number of rotatable bonds is 2. The number of nitrogens with zero attached hydrogens (tertiary/aromatic N) is 1. The molecule has 1 heterocycles. The Morgan fingerprint density at radius 3 is 2.23 bits per heavy atom. The third-order valence-electron chi connectivity index (χ3n) is 1.63. The van der Waals surface area contributed by atoms with Crippen molar-refractivity contribution < 1.29 is 68.9 Å². The van der Waals surface area contributed by atoms with Gasteiger partial charge in [-0.25, -0.2) is 0 Å². The van der Waals surface area contributed by atoms with Crippen LogP contribution in [0.3, 0.4) is 0 Å². The molecule has 1 rings (SSSR count). The maximum Gasteiger partial charge on any atom is 1.00 e. The minimum atomic E-state index is -4.98.